The maximum atomic E-state index is 12.2. The monoisotopic (exact) mass is 427 g/mol. The first-order valence-corrected chi connectivity index (χ1v) is 9.66. The topological polar surface area (TPSA) is 70.9 Å². The number of aromatic amines is 1. The molecule has 2 N–H and O–H groups in total. The van der Waals surface area contributed by atoms with Gasteiger partial charge in [-0.15, -0.1) is 0 Å². The van der Waals surface area contributed by atoms with E-state index in [-0.39, 0.29) is 11.7 Å². The lowest BCUT2D eigenvalue weighted by Gasteiger charge is -2.04. The molecule has 0 unspecified atom stereocenters. The number of benzene rings is 2. The number of carbonyl (C=O) groups excluding carboxylic acids is 1. The first-order valence-electron chi connectivity index (χ1n) is 7.88. The Morgan fingerprint density at radius 3 is 2.88 bits per heavy atom. The van der Waals surface area contributed by atoms with Gasteiger partial charge in [0.25, 0.3) is 0 Å². The fraction of sp³-hybridized carbons (Fsp3) is 0.0526. The molecule has 7 heteroatoms. The summed E-state index contributed by atoms with van der Waals surface area (Å²) in [6.45, 7) is 0. The van der Waals surface area contributed by atoms with Gasteiger partial charge in [-0.2, -0.15) is 0 Å². The van der Waals surface area contributed by atoms with Crippen LogP contribution in [-0.2, 0) is 4.79 Å². The number of nitrogens with zero attached hydrogens (tertiary/aromatic N) is 1. The van der Waals surface area contributed by atoms with Crippen molar-refractivity contribution in [3.63, 3.8) is 0 Å². The van der Waals surface area contributed by atoms with Crippen LogP contribution < -0.4 is 5.32 Å². The number of aromatic nitrogens is 2. The minimum Gasteiger partial charge on any atom is -0.464 e. The molecular formula is C19H14BrN3O2S. The van der Waals surface area contributed by atoms with Gasteiger partial charge < -0.3 is 14.7 Å². The molecule has 1 amide bonds. The van der Waals surface area contributed by atoms with Gasteiger partial charge in [0.1, 0.15) is 5.58 Å². The van der Waals surface area contributed by atoms with Crippen molar-refractivity contribution < 1.29 is 9.21 Å². The van der Waals surface area contributed by atoms with Crippen LogP contribution in [0.4, 0.5) is 5.69 Å². The second-order valence-electron chi connectivity index (χ2n) is 5.62. The highest BCUT2D eigenvalue weighted by Crippen LogP contribution is 2.24. The van der Waals surface area contributed by atoms with Gasteiger partial charge in [-0.25, -0.2) is 4.98 Å². The average Bonchev–Trinajstić information content (AvgIpc) is 3.29. The van der Waals surface area contributed by atoms with Crippen molar-refractivity contribution in [1.29, 1.82) is 0 Å². The van der Waals surface area contributed by atoms with Crippen molar-refractivity contribution in [2.24, 2.45) is 0 Å². The lowest BCUT2D eigenvalue weighted by molar-refractivity contribution is -0.113. The Bertz CT molecular complexity index is 1060. The van der Waals surface area contributed by atoms with Gasteiger partial charge in [-0.1, -0.05) is 39.8 Å². The predicted molar refractivity (Wildman–Crippen MR) is 107 cm³/mol. The van der Waals surface area contributed by atoms with E-state index in [4.69, 9.17) is 4.42 Å². The fourth-order valence-corrected chi connectivity index (χ4v) is 3.44. The van der Waals surface area contributed by atoms with Gasteiger partial charge in [0, 0.05) is 15.5 Å². The zero-order valence-electron chi connectivity index (χ0n) is 13.5. The van der Waals surface area contributed by atoms with Gasteiger partial charge in [0.2, 0.25) is 5.91 Å². The molecule has 2 aromatic carbocycles. The molecule has 0 atom stereocenters. The first kappa shape index (κ1) is 16.9. The second-order valence-corrected chi connectivity index (χ2v) is 7.50. The summed E-state index contributed by atoms with van der Waals surface area (Å²) in [6.07, 6.45) is 3.41. The number of thioether (sulfide) groups is 1. The minimum absolute atomic E-state index is 0.0839. The second kappa shape index (κ2) is 7.39. The van der Waals surface area contributed by atoms with Crippen molar-refractivity contribution in [3.05, 3.63) is 65.5 Å². The number of hydrogen-bond acceptors (Lipinski definition) is 4. The molecule has 0 aliphatic rings. The number of halogens is 1. The van der Waals surface area contributed by atoms with Gasteiger partial charge >= 0.3 is 0 Å². The Kier molecular flexibility index (Phi) is 4.81. The number of imidazole rings is 1. The summed E-state index contributed by atoms with van der Waals surface area (Å²) in [5.74, 6) is 0.191. The number of fused-ring (bicyclic) bond motifs is 1. The number of hydrogen-bond donors (Lipinski definition) is 2. The fourth-order valence-electron chi connectivity index (χ4n) is 2.53. The highest BCUT2D eigenvalue weighted by molar-refractivity contribution is 9.10. The lowest BCUT2D eigenvalue weighted by Crippen LogP contribution is -2.13. The molecule has 0 aliphatic carbocycles. The van der Waals surface area contributed by atoms with Crippen LogP contribution in [0.1, 0.15) is 0 Å². The molecule has 2 heterocycles. The lowest BCUT2D eigenvalue weighted by atomic mass is 10.2. The zero-order chi connectivity index (χ0) is 17.9. The molecule has 0 spiro atoms. The molecule has 0 radical (unpaired) electrons. The van der Waals surface area contributed by atoms with E-state index in [1.807, 2.05) is 48.5 Å². The maximum absolute atomic E-state index is 12.2. The number of furan rings is 1. The van der Waals surface area contributed by atoms with Crippen molar-refractivity contribution in [2.45, 2.75) is 5.16 Å². The highest BCUT2D eigenvalue weighted by atomic mass is 79.9. The van der Waals surface area contributed by atoms with Gasteiger partial charge in [-0.05, 0) is 42.0 Å². The SMILES string of the molecule is O=C(CSc1ncc(-c2ccc(Br)cc2)[nH]1)Nc1ccc2occc2c1. The van der Waals surface area contributed by atoms with Crippen LogP contribution >= 0.6 is 27.7 Å². The third-order valence-corrected chi connectivity index (χ3v) is 5.20. The van der Waals surface area contributed by atoms with E-state index in [2.05, 4.69) is 31.2 Å². The molecule has 0 saturated heterocycles. The number of nitrogens with one attached hydrogen (secondary N) is 2. The third-order valence-electron chi connectivity index (χ3n) is 3.78. The quantitative estimate of drug-likeness (QED) is 0.423. The summed E-state index contributed by atoms with van der Waals surface area (Å²) in [6, 6.07) is 15.4. The first-order chi connectivity index (χ1) is 12.7. The average molecular weight is 428 g/mol. The van der Waals surface area contributed by atoms with Crippen LogP contribution in [-0.4, -0.2) is 21.6 Å². The van der Waals surface area contributed by atoms with Crippen LogP contribution in [0.2, 0.25) is 0 Å². The molecule has 130 valence electrons. The van der Waals surface area contributed by atoms with Crippen molar-refractivity contribution in [2.75, 3.05) is 11.1 Å². The van der Waals surface area contributed by atoms with Crippen LogP contribution in [0.25, 0.3) is 22.2 Å². The molecular weight excluding hydrogens is 414 g/mol. The Balaban J connectivity index is 1.36. The maximum Gasteiger partial charge on any atom is 0.234 e. The number of rotatable bonds is 5. The van der Waals surface area contributed by atoms with E-state index in [1.165, 1.54) is 11.8 Å². The van der Waals surface area contributed by atoms with Crippen molar-refractivity contribution >= 4 is 50.3 Å². The van der Waals surface area contributed by atoms with Crippen molar-refractivity contribution in [1.82, 2.24) is 9.97 Å². The smallest absolute Gasteiger partial charge is 0.234 e. The standard InChI is InChI=1S/C19H14BrN3O2S/c20-14-3-1-12(2-4-14)16-10-21-19(23-16)26-11-18(24)22-15-5-6-17-13(9-15)7-8-25-17/h1-10H,11H2,(H,21,23)(H,22,24). The van der Waals surface area contributed by atoms with Gasteiger partial charge in [0.15, 0.2) is 5.16 Å². The molecule has 4 rings (SSSR count). The predicted octanol–water partition coefficient (Wildman–Crippen LogP) is 5.32. The van der Waals surface area contributed by atoms with Crippen LogP contribution in [0.5, 0.6) is 0 Å². The molecule has 0 fully saturated rings. The van der Waals surface area contributed by atoms with Crippen molar-refractivity contribution in [3.8, 4) is 11.3 Å². The van der Waals surface area contributed by atoms with Crippen LogP contribution in [0.3, 0.4) is 0 Å². The van der Waals surface area contributed by atoms with Gasteiger partial charge in [-0.3, -0.25) is 4.79 Å². The normalized spacial score (nSPS) is 11.0. The summed E-state index contributed by atoms with van der Waals surface area (Å²) in [5, 5.41) is 4.56. The molecule has 0 bridgehead atoms. The van der Waals surface area contributed by atoms with E-state index in [1.54, 1.807) is 12.5 Å². The highest BCUT2D eigenvalue weighted by Gasteiger charge is 2.08. The number of anilines is 1. The summed E-state index contributed by atoms with van der Waals surface area (Å²) in [4.78, 5) is 19.7. The van der Waals surface area contributed by atoms with Crippen LogP contribution in [0, 0.1) is 0 Å². The Morgan fingerprint density at radius 2 is 2.04 bits per heavy atom. The molecule has 26 heavy (non-hydrogen) atoms. The van der Waals surface area contributed by atoms with E-state index >= 15 is 0 Å². The Morgan fingerprint density at radius 1 is 1.19 bits per heavy atom. The molecule has 5 nitrogen and oxygen atoms in total. The number of H-pyrrole nitrogens is 1. The Labute approximate surface area is 162 Å². The minimum atomic E-state index is -0.0839. The summed E-state index contributed by atoms with van der Waals surface area (Å²) in [5.41, 5.74) is 3.52. The number of carbonyl (C=O) groups is 1. The Hall–Kier alpha value is -2.51. The van der Waals surface area contributed by atoms with E-state index in [9.17, 15) is 4.79 Å². The summed E-state index contributed by atoms with van der Waals surface area (Å²) >= 11 is 4.79. The van der Waals surface area contributed by atoms with Crippen LogP contribution in [0.15, 0.2) is 75.0 Å². The summed E-state index contributed by atoms with van der Waals surface area (Å²) in [7, 11) is 0. The number of amides is 1. The molecule has 0 aliphatic heterocycles. The van der Waals surface area contributed by atoms with Gasteiger partial charge in [0.05, 0.1) is 23.9 Å². The molecule has 4 aromatic rings. The van der Waals surface area contributed by atoms with E-state index in [0.717, 1.165) is 32.4 Å². The summed E-state index contributed by atoms with van der Waals surface area (Å²) < 4.78 is 6.33. The molecule has 0 saturated carbocycles. The zero-order valence-corrected chi connectivity index (χ0v) is 15.9. The largest absolute Gasteiger partial charge is 0.464 e. The molecule has 2 aromatic heterocycles. The van der Waals surface area contributed by atoms with E-state index < -0.39 is 0 Å². The van der Waals surface area contributed by atoms with E-state index in [0.29, 0.717) is 5.16 Å². The third kappa shape index (κ3) is 3.84.